The molecule has 2 rings (SSSR count). The molecule has 1 aliphatic rings. The second-order valence-electron chi connectivity index (χ2n) is 5.76. The SMILES string of the molecule is CN=C(N)NCc1cccc(CN2CCCC(C(N)=O)C2)c1. The number of hydrogen-bond donors (Lipinski definition) is 3. The number of nitrogens with two attached hydrogens (primary N) is 2. The molecule has 1 atom stereocenters. The standard InChI is InChI=1S/C16H25N5O/c1-19-16(18)20-9-12-4-2-5-13(8-12)10-21-7-3-6-14(11-21)15(17)22/h2,4-5,8,14H,3,6-7,9-11H2,1H3,(H2,17,22)(H3,18,19,20). The normalized spacial score (nSPS) is 19.9. The predicted octanol–water partition coefficient (Wildman–Crippen LogP) is 0.418. The van der Waals surface area contributed by atoms with Crippen molar-refractivity contribution >= 4 is 11.9 Å². The van der Waals surface area contributed by atoms with Gasteiger partial charge in [0.05, 0.1) is 5.92 Å². The number of aliphatic imine (C=N–C) groups is 1. The average Bonchev–Trinajstić information content (AvgIpc) is 2.53. The van der Waals surface area contributed by atoms with Crippen LogP contribution < -0.4 is 16.8 Å². The smallest absolute Gasteiger partial charge is 0.221 e. The van der Waals surface area contributed by atoms with E-state index in [-0.39, 0.29) is 11.8 Å². The highest BCUT2D eigenvalue weighted by atomic mass is 16.1. The molecule has 1 aromatic rings. The minimum Gasteiger partial charge on any atom is -0.370 e. The highest BCUT2D eigenvalue weighted by Crippen LogP contribution is 2.18. The lowest BCUT2D eigenvalue weighted by molar-refractivity contribution is -0.123. The van der Waals surface area contributed by atoms with Crippen LogP contribution in [0.3, 0.4) is 0 Å². The van der Waals surface area contributed by atoms with E-state index in [0.717, 1.165) is 38.0 Å². The molecule has 5 N–H and O–H groups in total. The number of carbonyl (C=O) groups excluding carboxylic acids is 1. The fraction of sp³-hybridized carbons (Fsp3) is 0.500. The Balaban J connectivity index is 1.93. The van der Waals surface area contributed by atoms with Crippen molar-refractivity contribution in [2.24, 2.45) is 22.4 Å². The van der Waals surface area contributed by atoms with Gasteiger partial charge in [-0.1, -0.05) is 24.3 Å². The summed E-state index contributed by atoms with van der Waals surface area (Å²) >= 11 is 0. The van der Waals surface area contributed by atoms with Crippen LogP contribution in [0, 0.1) is 5.92 Å². The molecular weight excluding hydrogens is 278 g/mol. The zero-order valence-electron chi connectivity index (χ0n) is 13.1. The molecule has 6 nitrogen and oxygen atoms in total. The van der Waals surface area contributed by atoms with Crippen LogP contribution in [0.1, 0.15) is 24.0 Å². The van der Waals surface area contributed by atoms with Gasteiger partial charge >= 0.3 is 0 Å². The van der Waals surface area contributed by atoms with E-state index in [1.165, 1.54) is 5.56 Å². The van der Waals surface area contributed by atoms with Crippen LogP contribution in [0.2, 0.25) is 0 Å². The van der Waals surface area contributed by atoms with Crippen LogP contribution in [0.25, 0.3) is 0 Å². The van der Waals surface area contributed by atoms with Crippen molar-refractivity contribution in [3.05, 3.63) is 35.4 Å². The number of nitrogens with zero attached hydrogens (tertiary/aromatic N) is 2. The molecule has 22 heavy (non-hydrogen) atoms. The van der Waals surface area contributed by atoms with Crippen LogP contribution in [0.15, 0.2) is 29.3 Å². The van der Waals surface area contributed by atoms with E-state index in [1.807, 2.05) is 6.07 Å². The lowest BCUT2D eigenvalue weighted by Gasteiger charge is -2.31. The highest BCUT2D eigenvalue weighted by molar-refractivity contribution is 5.77. The summed E-state index contributed by atoms with van der Waals surface area (Å²) in [7, 11) is 1.66. The Labute approximate surface area is 131 Å². The Morgan fingerprint density at radius 2 is 2.18 bits per heavy atom. The molecule has 1 unspecified atom stereocenters. The first kappa shape index (κ1) is 16.3. The second kappa shape index (κ2) is 7.79. The number of benzene rings is 1. The summed E-state index contributed by atoms with van der Waals surface area (Å²) in [4.78, 5) is 17.5. The van der Waals surface area contributed by atoms with E-state index in [2.05, 4.69) is 33.4 Å². The summed E-state index contributed by atoms with van der Waals surface area (Å²) in [6, 6.07) is 8.36. The maximum atomic E-state index is 11.3. The van der Waals surface area contributed by atoms with Crippen LogP contribution in [0.4, 0.5) is 0 Å². The van der Waals surface area contributed by atoms with Gasteiger partial charge in [-0.15, -0.1) is 0 Å². The molecule has 0 spiro atoms. The molecule has 0 bridgehead atoms. The summed E-state index contributed by atoms with van der Waals surface area (Å²) in [6.07, 6.45) is 1.93. The van der Waals surface area contributed by atoms with Crippen molar-refractivity contribution in [3.63, 3.8) is 0 Å². The average molecular weight is 303 g/mol. The molecule has 0 aromatic heterocycles. The van der Waals surface area contributed by atoms with Crippen molar-refractivity contribution in [1.82, 2.24) is 10.2 Å². The van der Waals surface area contributed by atoms with Crippen LogP contribution >= 0.6 is 0 Å². The lowest BCUT2D eigenvalue weighted by atomic mass is 9.97. The van der Waals surface area contributed by atoms with E-state index in [0.29, 0.717) is 12.5 Å². The quantitative estimate of drug-likeness (QED) is 0.542. The number of amides is 1. The van der Waals surface area contributed by atoms with E-state index >= 15 is 0 Å². The minimum atomic E-state index is -0.183. The van der Waals surface area contributed by atoms with Gasteiger partial charge in [0.2, 0.25) is 5.91 Å². The fourth-order valence-corrected chi connectivity index (χ4v) is 2.80. The van der Waals surface area contributed by atoms with Gasteiger partial charge in [-0.2, -0.15) is 0 Å². The minimum absolute atomic E-state index is 0.0147. The summed E-state index contributed by atoms with van der Waals surface area (Å²) in [6.45, 7) is 3.27. The zero-order chi connectivity index (χ0) is 15.9. The maximum Gasteiger partial charge on any atom is 0.221 e. The van der Waals surface area contributed by atoms with Gasteiger partial charge < -0.3 is 16.8 Å². The van der Waals surface area contributed by atoms with Gasteiger partial charge in [0.1, 0.15) is 0 Å². The number of nitrogens with one attached hydrogen (secondary N) is 1. The van der Waals surface area contributed by atoms with Crippen molar-refractivity contribution in [2.75, 3.05) is 20.1 Å². The predicted molar refractivity (Wildman–Crippen MR) is 88.0 cm³/mol. The Morgan fingerprint density at radius 3 is 2.91 bits per heavy atom. The van der Waals surface area contributed by atoms with E-state index in [1.54, 1.807) is 7.05 Å². The van der Waals surface area contributed by atoms with E-state index < -0.39 is 0 Å². The number of rotatable bonds is 5. The van der Waals surface area contributed by atoms with Crippen LogP contribution in [0.5, 0.6) is 0 Å². The van der Waals surface area contributed by atoms with Gasteiger partial charge in [-0.05, 0) is 30.5 Å². The summed E-state index contributed by atoms with van der Waals surface area (Å²) in [5.74, 6) is 0.238. The van der Waals surface area contributed by atoms with Crippen molar-refractivity contribution in [2.45, 2.75) is 25.9 Å². The Bertz CT molecular complexity index is 543. The first-order valence-corrected chi connectivity index (χ1v) is 7.64. The van der Waals surface area contributed by atoms with Gasteiger partial charge in [-0.25, -0.2) is 0 Å². The number of likely N-dealkylation sites (tertiary alicyclic amines) is 1. The molecule has 120 valence electrons. The molecule has 0 aliphatic carbocycles. The third-order valence-electron chi connectivity index (χ3n) is 4.02. The van der Waals surface area contributed by atoms with Gasteiger partial charge in [0.25, 0.3) is 0 Å². The zero-order valence-corrected chi connectivity index (χ0v) is 13.1. The molecule has 1 saturated heterocycles. The number of guanidine groups is 1. The lowest BCUT2D eigenvalue weighted by Crippen LogP contribution is -2.40. The van der Waals surface area contributed by atoms with Crippen molar-refractivity contribution in [1.29, 1.82) is 0 Å². The molecule has 1 aromatic carbocycles. The second-order valence-corrected chi connectivity index (χ2v) is 5.76. The maximum absolute atomic E-state index is 11.3. The molecule has 1 amide bonds. The van der Waals surface area contributed by atoms with E-state index in [4.69, 9.17) is 11.5 Å². The Hall–Kier alpha value is -2.08. The number of hydrogen-bond acceptors (Lipinski definition) is 3. The number of carbonyl (C=O) groups is 1. The molecule has 0 radical (unpaired) electrons. The van der Waals surface area contributed by atoms with Crippen LogP contribution in [-0.4, -0.2) is 36.9 Å². The molecule has 1 heterocycles. The largest absolute Gasteiger partial charge is 0.370 e. The number of piperidine rings is 1. The van der Waals surface area contributed by atoms with Crippen molar-refractivity contribution < 1.29 is 4.79 Å². The summed E-state index contributed by atoms with van der Waals surface area (Å²) < 4.78 is 0. The first-order chi connectivity index (χ1) is 10.6. The monoisotopic (exact) mass is 303 g/mol. The van der Waals surface area contributed by atoms with Gasteiger partial charge in [-0.3, -0.25) is 14.7 Å². The molecule has 6 heteroatoms. The third-order valence-corrected chi connectivity index (χ3v) is 4.02. The van der Waals surface area contributed by atoms with E-state index in [9.17, 15) is 4.79 Å². The van der Waals surface area contributed by atoms with Crippen molar-refractivity contribution in [3.8, 4) is 0 Å². The highest BCUT2D eigenvalue weighted by Gasteiger charge is 2.23. The Morgan fingerprint density at radius 1 is 1.41 bits per heavy atom. The summed E-state index contributed by atoms with van der Waals surface area (Å²) in [5, 5.41) is 3.05. The molecule has 0 saturated carbocycles. The topological polar surface area (TPSA) is 96.7 Å². The van der Waals surface area contributed by atoms with Crippen LogP contribution in [-0.2, 0) is 17.9 Å². The fourth-order valence-electron chi connectivity index (χ4n) is 2.80. The molecule has 1 aliphatic heterocycles. The molecule has 1 fully saturated rings. The number of primary amides is 1. The van der Waals surface area contributed by atoms with Gasteiger partial charge in [0, 0.05) is 26.7 Å². The third kappa shape index (κ3) is 4.73. The first-order valence-electron chi connectivity index (χ1n) is 7.64. The Kier molecular flexibility index (Phi) is 5.77. The summed E-state index contributed by atoms with van der Waals surface area (Å²) in [5.41, 5.74) is 13.5. The molecular formula is C16H25N5O. The van der Waals surface area contributed by atoms with Gasteiger partial charge in [0.15, 0.2) is 5.96 Å².